The fourth-order valence-electron chi connectivity index (χ4n) is 1.43. The van der Waals surface area contributed by atoms with Gasteiger partial charge in [0.05, 0.1) is 0 Å². The molecule has 0 heterocycles. The minimum Gasteiger partial charge on any atom is -0.390 e. The second-order valence-electron chi connectivity index (χ2n) is 3.40. The first-order valence-electron chi connectivity index (χ1n) is 5.39. The van der Waals surface area contributed by atoms with Crippen LogP contribution in [0.3, 0.4) is 0 Å². The van der Waals surface area contributed by atoms with Gasteiger partial charge in [0.25, 0.3) is 0 Å². The van der Waals surface area contributed by atoms with E-state index < -0.39 is 9.28 Å². The molecule has 0 saturated carbocycles. The average molecular weight is 223 g/mol. The Morgan fingerprint density at radius 2 is 1.67 bits per heavy atom. The highest BCUT2D eigenvalue weighted by molar-refractivity contribution is 6.61. The quantitative estimate of drug-likeness (QED) is 0.712. The lowest BCUT2D eigenvalue weighted by Gasteiger charge is -2.16. The van der Waals surface area contributed by atoms with Crippen molar-refractivity contribution in [1.82, 2.24) is 0 Å². The average Bonchev–Trinajstić information content (AvgIpc) is 2.22. The summed E-state index contributed by atoms with van der Waals surface area (Å²) in [5.41, 5.74) is 2.60. The van der Waals surface area contributed by atoms with Crippen LogP contribution in [-0.2, 0) is 8.85 Å². The van der Waals surface area contributed by atoms with Gasteiger partial charge in [0.1, 0.15) is 0 Å². The van der Waals surface area contributed by atoms with E-state index in [1.807, 2.05) is 13.8 Å². The fourth-order valence-corrected chi connectivity index (χ4v) is 3.09. The lowest BCUT2D eigenvalue weighted by atomic mass is 10.1. The highest BCUT2D eigenvalue weighted by Crippen LogP contribution is 2.05. The van der Waals surface area contributed by atoms with Crippen molar-refractivity contribution in [3.8, 4) is 0 Å². The van der Waals surface area contributed by atoms with E-state index in [1.165, 1.54) is 16.3 Å². The Morgan fingerprint density at radius 3 is 2.20 bits per heavy atom. The molecule has 15 heavy (non-hydrogen) atoms. The van der Waals surface area contributed by atoms with Crippen molar-refractivity contribution < 1.29 is 8.85 Å². The Balaban J connectivity index is 2.94. The molecule has 0 aliphatic rings. The van der Waals surface area contributed by atoms with Gasteiger partial charge in [0.2, 0.25) is 0 Å². The molecular weight excluding hydrogens is 204 g/mol. The highest BCUT2D eigenvalue weighted by Gasteiger charge is 2.20. The van der Waals surface area contributed by atoms with Gasteiger partial charge in [-0.2, -0.15) is 0 Å². The molecule has 0 unspecified atom stereocenters. The van der Waals surface area contributed by atoms with Crippen molar-refractivity contribution in [2.75, 3.05) is 13.2 Å². The van der Waals surface area contributed by atoms with Crippen molar-refractivity contribution in [2.45, 2.75) is 27.7 Å². The van der Waals surface area contributed by atoms with Crippen LogP contribution in [0.5, 0.6) is 0 Å². The van der Waals surface area contributed by atoms with E-state index in [0.717, 1.165) is 0 Å². The van der Waals surface area contributed by atoms with Gasteiger partial charge in [-0.1, -0.05) is 18.2 Å². The summed E-state index contributed by atoms with van der Waals surface area (Å²) in [4.78, 5) is 0. The molecule has 0 bridgehead atoms. The van der Waals surface area contributed by atoms with Crippen LogP contribution in [0.1, 0.15) is 25.0 Å². The largest absolute Gasteiger partial charge is 0.423 e. The van der Waals surface area contributed by atoms with Crippen LogP contribution in [0, 0.1) is 13.8 Å². The zero-order chi connectivity index (χ0) is 11.3. The third-order valence-corrected chi connectivity index (χ3v) is 4.46. The summed E-state index contributed by atoms with van der Waals surface area (Å²) in [7, 11) is -1.28. The molecule has 0 aliphatic heterocycles. The third-order valence-electron chi connectivity index (χ3n) is 2.38. The van der Waals surface area contributed by atoms with E-state index in [1.54, 1.807) is 0 Å². The molecule has 2 nitrogen and oxygen atoms in total. The van der Waals surface area contributed by atoms with Gasteiger partial charge in [-0.25, -0.2) is 0 Å². The van der Waals surface area contributed by atoms with E-state index in [0.29, 0.717) is 13.2 Å². The normalized spacial score (nSPS) is 11.0. The van der Waals surface area contributed by atoms with Crippen LogP contribution in [0.25, 0.3) is 0 Å². The van der Waals surface area contributed by atoms with E-state index in [2.05, 4.69) is 32.0 Å². The molecule has 0 atom stereocenters. The second-order valence-corrected chi connectivity index (χ2v) is 5.09. The van der Waals surface area contributed by atoms with E-state index >= 15 is 0 Å². The van der Waals surface area contributed by atoms with Crippen molar-refractivity contribution >= 4 is 14.5 Å². The van der Waals surface area contributed by atoms with Gasteiger partial charge in [0, 0.05) is 13.2 Å². The lowest BCUT2D eigenvalue weighted by molar-refractivity contribution is 0.225. The van der Waals surface area contributed by atoms with Gasteiger partial charge in [-0.3, -0.25) is 0 Å². The van der Waals surface area contributed by atoms with Gasteiger partial charge < -0.3 is 8.85 Å². The second kappa shape index (κ2) is 6.05. The Bertz CT molecular complexity index is 306. The van der Waals surface area contributed by atoms with E-state index in [9.17, 15) is 0 Å². The summed E-state index contributed by atoms with van der Waals surface area (Å²) in [5.74, 6) is 0. The van der Waals surface area contributed by atoms with Crippen molar-refractivity contribution in [3.63, 3.8) is 0 Å². The molecule has 0 fully saturated rings. The summed E-state index contributed by atoms with van der Waals surface area (Å²) in [6.45, 7) is 9.69. The molecule has 0 saturated heterocycles. The molecule has 0 N–H and O–H groups in total. The maximum Gasteiger partial charge on any atom is 0.423 e. The van der Waals surface area contributed by atoms with Crippen LogP contribution in [0.2, 0.25) is 0 Å². The van der Waals surface area contributed by atoms with Crippen LogP contribution in [-0.4, -0.2) is 22.5 Å². The third kappa shape index (κ3) is 3.16. The fraction of sp³-hybridized carbons (Fsp3) is 0.500. The molecule has 1 radical (unpaired) electrons. The molecule has 0 aromatic heterocycles. The SMILES string of the molecule is CCO[Si](OCC)c1cccc(C)c1C. The minimum atomic E-state index is -1.28. The lowest BCUT2D eigenvalue weighted by Crippen LogP contribution is -2.39. The number of aryl methyl sites for hydroxylation is 1. The zero-order valence-electron chi connectivity index (χ0n) is 9.96. The smallest absolute Gasteiger partial charge is 0.390 e. The Kier molecular flexibility index (Phi) is 5.01. The molecule has 1 rings (SSSR count). The van der Waals surface area contributed by atoms with Crippen LogP contribution in [0.4, 0.5) is 0 Å². The summed E-state index contributed by atoms with van der Waals surface area (Å²) in [6, 6.07) is 6.30. The first-order valence-corrected chi connectivity index (χ1v) is 6.71. The van der Waals surface area contributed by atoms with Crippen molar-refractivity contribution in [3.05, 3.63) is 29.3 Å². The Morgan fingerprint density at radius 1 is 1.07 bits per heavy atom. The highest BCUT2D eigenvalue weighted by atomic mass is 28.3. The molecule has 1 aromatic rings. The first kappa shape index (κ1) is 12.4. The van der Waals surface area contributed by atoms with Crippen LogP contribution >= 0.6 is 0 Å². The summed E-state index contributed by atoms with van der Waals surface area (Å²) >= 11 is 0. The van der Waals surface area contributed by atoms with Crippen molar-refractivity contribution in [1.29, 1.82) is 0 Å². The summed E-state index contributed by atoms with van der Waals surface area (Å²) in [5, 5.41) is 1.24. The van der Waals surface area contributed by atoms with E-state index in [4.69, 9.17) is 8.85 Å². The standard InChI is InChI=1S/C12H19O2Si/c1-5-13-15(14-6-2)12-9-7-8-10(3)11(12)4/h7-9H,5-6H2,1-4H3. The monoisotopic (exact) mass is 223 g/mol. The van der Waals surface area contributed by atoms with E-state index in [-0.39, 0.29) is 0 Å². The number of hydrogen-bond donors (Lipinski definition) is 0. The molecule has 3 heteroatoms. The number of benzene rings is 1. The molecule has 0 amide bonds. The molecule has 83 valence electrons. The first-order chi connectivity index (χ1) is 7.20. The van der Waals surface area contributed by atoms with Gasteiger partial charge in [-0.05, 0) is 44.0 Å². The molecular formula is C12H19O2Si. The summed E-state index contributed by atoms with van der Waals surface area (Å²) in [6.07, 6.45) is 0. The van der Waals surface area contributed by atoms with Gasteiger partial charge >= 0.3 is 9.28 Å². The minimum absolute atomic E-state index is 0.710. The topological polar surface area (TPSA) is 18.5 Å². The predicted molar refractivity (Wildman–Crippen MR) is 64.6 cm³/mol. The number of hydrogen-bond acceptors (Lipinski definition) is 2. The van der Waals surface area contributed by atoms with Crippen molar-refractivity contribution in [2.24, 2.45) is 0 Å². The molecule has 1 aromatic carbocycles. The Hall–Kier alpha value is -0.643. The van der Waals surface area contributed by atoms with Crippen LogP contribution in [0.15, 0.2) is 18.2 Å². The van der Waals surface area contributed by atoms with Gasteiger partial charge in [-0.15, -0.1) is 0 Å². The number of rotatable bonds is 5. The Labute approximate surface area is 94.1 Å². The predicted octanol–water partition coefficient (Wildman–Crippen LogP) is 2.07. The molecule has 0 aliphatic carbocycles. The molecule has 0 spiro atoms. The zero-order valence-corrected chi connectivity index (χ0v) is 11.0. The summed E-state index contributed by atoms with van der Waals surface area (Å²) < 4.78 is 11.4. The van der Waals surface area contributed by atoms with Crippen LogP contribution < -0.4 is 5.19 Å². The van der Waals surface area contributed by atoms with Gasteiger partial charge in [0.15, 0.2) is 0 Å². The maximum absolute atomic E-state index is 5.68. The maximum atomic E-state index is 5.68.